The number of nitrogens with zero attached hydrogens (tertiary/aromatic N) is 3. The zero-order valence-electron chi connectivity index (χ0n) is 13.5. The van der Waals surface area contributed by atoms with E-state index < -0.39 is 18.1 Å². The van der Waals surface area contributed by atoms with Gasteiger partial charge in [-0.3, -0.25) is 4.79 Å². The van der Waals surface area contributed by atoms with E-state index >= 15 is 0 Å². The Bertz CT molecular complexity index is 552. The van der Waals surface area contributed by atoms with E-state index in [9.17, 15) is 9.59 Å². The van der Waals surface area contributed by atoms with Crippen LogP contribution < -0.4 is 11.1 Å². The van der Waals surface area contributed by atoms with Gasteiger partial charge in [-0.15, -0.1) is 0 Å². The summed E-state index contributed by atoms with van der Waals surface area (Å²) in [5.41, 5.74) is 15.8. The quantitative estimate of drug-likeness (QED) is 0.228. The summed E-state index contributed by atoms with van der Waals surface area (Å²) in [5.74, 6) is -1.01. The number of carbonyl (C=O) groups is 2. The molecule has 0 spiro atoms. The number of carboxylic acid groups (broad SMARTS) is 1. The average molecular weight is 337 g/mol. The first-order valence-electron chi connectivity index (χ1n) is 7.80. The van der Waals surface area contributed by atoms with Crippen LogP contribution in [0, 0.1) is 0 Å². The number of hydrogen-bond donors (Lipinski definition) is 3. The molecule has 0 aromatic rings. The summed E-state index contributed by atoms with van der Waals surface area (Å²) in [6.07, 6.45) is 6.42. The molecule has 0 aromatic carbocycles. The van der Waals surface area contributed by atoms with Gasteiger partial charge in [-0.05, 0) is 31.2 Å². The van der Waals surface area contributed by atoms with E-state index in [4.69, 9.17) is 21.1 Å². The molecule has 1 rings (SSSR count). The summed E-state index contributed by atoms with van der Waals surface area (Å²) in [6, 6.07) is -0.853. The molecule has 9 heteroatoms. The van der Waals surface area contributed by atoms with Gasteiger partial charge in [-0.2, -0.15) is 0 Å². The number of azide groups is 1. The minimum absolute atomic E-state index is 0.282. The van der Waals surface area contributed by atoms with E-state index in [1.54, 1.807) is 0 Å². The fourth-order valence-electron chi connectivity index (χ4n) is 2.18. The standard InChI is InChI=1S/C15H23N5O4/c16-13(14(21)22)3-1-2-7-18-15(23)24-8-6-11-4-5-12(9-11)10-19-20-17/h4-5,13H,1-3,6-10,16H2,(H,18,23)(H,21,22)/t13-/m0/s1. The SMILES string of the molecule is [N-]=[N+]=NCC1=CC=C(CCOC(=O)NCCCC[C@H](N)C(=O)O)C1. The second kappa shape index (κ2) is 11.1. The molecule has 0 saturated carbocycles. The van der Waals surface area contributed by atoms with Crippen LogP contribution in [0.15, 0.2) is 28.4 Å². The van der Waals surface area contributed by atoms with E-state index in [0.717, 1.165) is 17.6 Å². The van der Waals surface area contributed by atoms with Gasteiger partial charge in [0.25, 0.3) is 0 Å². The van der Waals surface area contributed by atoms with Gasteiger partial charge in [-0.25, -0.2) is 4.79 Å². The maximum atomic E-state index is 11.5. The lowest BCUT2D eigenvalue weighted by Gasteiger charge is -2.09. The Balaban J connectivity index is 2.01. The van der Waals surface area contributed by atoms with E-state index in [2.05, 4.69) is 15.3 Å². The van der Waals surface area contributed by atoms with Crippen molar-refractivity contribution in [2.75, 3.05) is 19.7 Å². The van der Waals surface area contributed by atoms with Crippen LogP contribution in [0.4, 0.5) is 4.79 Å². The van der Waals surface area contributed by atoms with Crippen LogP contribution in [0.25, 0.3) is 10.4 Å². The van der Waals surface area contributed by atoms with Crippen LogP contribution in [0.2, 0.25) is 0 Å². The number of carboxylic acids is 1. The van der Waals surface area contributed by atoms with Crippen LogP contribution in [-0.4, -0.2) is 42.9 Å². The third kappa shape index (κ3) is 8.21. The highest BCUT2D eigenvalue weighted by Gasteiger charge is 2.11. The molecular weight excluding hydrogens is 314 g/mol. The number of nitrogens with two attached hydrogens (primary N) is 1. The van der Waals surface area contributed by atoms with Gasteiger partial charge in [0.15, 0.2) is 0 Å². The first kappa shape index (κ1) is 19.5. The Labute approximate surface area is 140 Å². The first-order valence-corrected chi connectivity index (χ1v) is 7.80. The number of amides is 1. The fraction of sp³-hybridized carbons (Fsp3) is 0.600. The largest absolute Gasteiger partial charge is 0.480 e. The van der Waals surface area contributed by atoms with Crippen molar-refractivity contribution >= 4 is 12.1 Å². The molecule has 0 bridgehead atoms. The molecule has 0 fully saturated rings. The minimum atomic E-state index is -1.01. The van der Waals surface area contributed by atoms with Crippen molar-refractivity contribution < 1.29 is 19.4 Å². The molecule has 1 amide bonds. The Morgan fingerprint density at radius 3 is 2.88 bits per heavy atom. The molecule has 0 aromatic heterocycles. The number of nitrogens with one attached hydrogen (secondary N) is 1. The molecule has 9 nitrogen and oxygen atoms in total. The van der Waals surface area contributed by atoms with E-state index in [1.165, 1.54) is 0 Å². The summed E-state index contributed by atoms with van der Waals surface area (Å²) in [4.78, 5) is 24.7. The third-order valence-corrected chi connectivity index (χ3v) is 3.53. The number of carbonyl (C=O) groups excluding carboxylic acids is 1. The molecule has 0 heterocycles. The Kier molecular flexibility index (Phi) is 9.03. The number of rotatable bonds is 11. The molecule has 0 unspecified atom stereocenters. The van der Waals surface area contributed by atoms with Crippen LogP contribution in [0.1, 0.15) is 32.1 Å². The lowest BCUT2D eigenvalue weighted by Crippen LogP contribution is -2.30. The summed E-state index contributed by atoms with van der Waals surface area (Å²) in [5, 5.41) is 14.7. The van der Waals surface area contributed by atoms with Gasteiger partial charge in [0.05, 0.1) is 6.61 Å². The van der Waals surface area contributed by atoms with Crippen molar-refractivity contribution in [2.45, 2.75) is 38.1 Å². The molecule has 1 aliphatic carbocycles. The highest BCUT2D eigenvalue weighted by molar-refractivity contribution is 5.72. The van der Waals surface area contributed by atoms with E-state index in [0.29, 0.717) is 38.8 Å². The number of unbranched alkanes of at least 4 members (excludes halogenated alkanes) is 1. The van der Waals surface area contributed by atoms with Gasteiger partial charge in [-0.1, -0.05) is 28.4 Å². The maximum Gasteiger partial charge on any atom is 0.407 e. The van der Waals surface area contributed by atoms with Crippen molar-refractivity contribution in [3.63, 3.8) is 0 Å². The lowest BCUT2D eigenvalue weighted by atomic mass is 10.1. The topological polar surface area (TPSA) is 150 Å². The predicted octanol–water partition coefficient (Wildman–Crippen LogP) is 2.25. The summed E-state index contributed by atoms with van der Waals surface area (Å²) < 4.78 is 5.07. The summed E-state index contributed by atoms with van der Waals surface area (Å²) in [6.45, 7) is 1.07. The van der Waals surface area contributed by atoms with Crippen molar-refractivity contribution in [3.05, 3.63) is 33.7 Å². The first-order chi connectivity index (χ1) is 11.5. The molecule has 24 heavy (non-hydrogen) atoms. The van der Waals surface area contributed by atoms with E-state index in [-0.39, 0.29) is 6.61 Å². The highest BCUT2D eigenvalue weighted by atomic mass is 16.5. The van der Waals surface area contributed by atoms with Crippen LogP contribution in [0.5, 0.6) is 0 Å². The Morgan fingerprint density at radius 1 is 1.42 bits per heavy atom. The molecule has 132 valence electrons. The van der Waals surface area contributed by atoms with Crippen molar-refractivity contribution in [2.24, 2.45) is 10.8 Å². The number of aliphatic carboxylic acids is 1. The highest BCUT2D eigenvalue weighted by Crippen LogP contribution is 2.21. The van der Waals surface area contributed by atoms with Gasteiger partial charge >= 0.3 is 12.1 Å². The normalized spacial score (nSPS) is 14.2. The molecule has 0 radical (unpaired) electrons. The van der Waals surface area contributed by atoms with Crippen molar-refractivity contribution in [1.29, 1.82) is 0 Å². The summed E-state index contributed by atoms with van der Waals surface area (Å²) in [7, 11) is 0. The second-order valence-electron chi connectivity index (χ2n) is 5.47. The summed E-state index contributed by atoms with van der Waals surface area (Å²) >= 11 is 0. The van der Waals surface area contributed by atoms with Gasteiger partial charge in [0.2, 0.25) is 0 Å². The lowest BCUT2D eigenvalue weighted by molar-refractivity contribution is -0.138. The second-order valence-corrected chi connectivity index (χ2v) is 5.47. The van der Waals surface area contributed by atoms with Crippen LogP contribution in [-0.2, 0) is 9.53 Å². The Hall–Kier alpha value is -2.51. The van der Waals surface area contributed by atoms with Gasteiger partial charge in [0.1, 0.15) is 6.04 Å². The number of alkyl carbamates (subject to hydrolysis) is 1. The molecule has 0 aliphatic heterocycles. The zero-order valence-corrected chi connectivity index (χ0v) is 13.5. The number of hydrogen-bond acceptors (Lipinski definition) is 5. The van der Waals surface area contributed by atoms with Gasteiger partial charge in [0, 0.05) is 24.4 Å². The van der Waals surface area contributed by atoms with Crippen molar-refractivity contribution in [1.82, 2.24) is 5.32 Å². The zero-order chi connectivity index (χ0) is 17.8. The molecule has 1 atom stereocenters. The average Bonchev–Trinajstić information content (AvgIpc) is 3.00. The monoisotopic (exact) mass is 337 g/mol. The fourth-order valence-corrected chi connectivity index (χ4v) is 2.18. The molecule has 4 N–H and O–H groups in total. The van der Waals surface area contributed by atoms with Crippen molar-refractivity contribution in [3.8, 4) is 0 Å². The maximum absolute atomic E-state index is 11.5. The predicted molar refractivity (Wildman–Crippen MR) is 88.2 cm³/mol. The number of ether oxygens (including phenoxy) is 1. The molecular formula is C15H23N5O4. The Morgan fingerprint density at radius 2 is 2.17 bits per heavy atom. The minimum Gasteiger partial charge on any atom is -0.480 e. The third-order valence-electron chi connectivity index (χ3n) is 3.53. The van der Waals surface area contributed by atoms with Gasteiger partial charge < -0.3 is 20.9 Å². The molecule has 1 aliphatic rings. The number of allylic oxidation sites excluding steroid dienone is 2. The van der Waals surface area contributed by atoms with E-state index in [1.807, 2.05) is 12.2 Å². The smallest absolute Gasteiger partial charge is 0.407 e. The molecule has 0 saturated heterocycles. The van der Waals surface area contributed by atoms with Crippen LogP contribution >= 0.6 is 0 Å². The van der Waals surface area contributed by atoms with Crippen LogP contribution in [0.3, 0.4) is 0 Å².